The second kappa shape index (κ2) is 6.31. The van der Waals surface area contributed by atoms with Gasteiger partial charge in [-0.25, -0.2) is 4.68 Å². The van der Waals surface area contributed by atoms with E-state index in [4.69, 9.17) is 5.73 Å². The third kappa shape index (κ3) is 2.88. The summed E-state index contributed by atoms with van der Waals surface area (Å²) in [6.45, 7) is 8.40. The van der Waals surface area contributed by atoms with Crippen molar-refractivity contribution in [3.05, 3.63) is 5.69 Å². The average molecular weight is 264 g/mol. The maximum atomic E-state index is 6.29. The second-order valence-corrected chi connectivity index (χ2v) is 5.62. The number of nitrogens with two attached hydrogens (primary N) is 1. The molecule has 19 heavy (non-hydrogen) atoms. The SMILES string of the molecule is CCCn1nc(C)c(N)c1N(CC)C1CCCCC1. The van der Waals surface area contributed by atoms with Gasteiger partial charge in [-0.1, -0.05) is 26.2 Å². The summed E-state index contributed by atoms with van der Waals surface area (Å²) in [7, 11) is 0. The molecule has 108 valence electrons. The van der Waals surface area contributed by atoms with Crippen LogP contribution in [0.5, 0.6) is 0 Å². The Labute approximate surface area is 117 Å². The zero-order chi connectivity index (χ0) is 13.8. The highest BCUT2D eigenvalue weighted by molar-refractivity contribution is 5.66. The van der Waals surface area contributed by atoms with Gasteiger partial charge in [0, 0.05) is 19.1 Å². The molecule has 0 aromatic carbocycles. The van der Waals surface area contributed by atoms with Gasteiger partial charge in [-0.15, -0.1) is 0 Å². The molecule has 0 spiro atoms. The summed E-state index contributed by atoms with van der Waals surface area (Å²) in [5, 5.41) is 4.61. The number of nitrogens with zero attached hydrogens (tertiary/aromatic N) is 3. The number of anilines is 2. The van der Waals surface area contributed by atoms with E-state index in [2.05, 4.69) is 28.5 Å². The highest BCUT2D eigenvalue weighted by Gasteiger charge is 2.25. The van der Waals surface area contributed by atoms with Gasteiger partial charge < -0.3 is 10.6 Å². The average Bonchev–Trinajstić information content (AvgIpc) is 2.69. The number of hydrogen-bond donors (Lipinski definition) is 1. The van der Waals surface area contributed by atoms with Gasteiger partial charge in [0.1, 0.15) is 0 Å². The van der Waals surface area contributed by atoms with Crippen LogP contribution in [0.3, 0.4) is 0 Å². The van der Waals surface area contributed by atoms with Crippen molar-refractivity contribution in [1.82, 2.24) is 9.78 Å². The molecule has 1 fully saturated rings. The quantitative estimate of drug-likeness (QED) is 0.887. The summed E-state index contributed by atoms with van der Waals surface area (Å²) in [4.78, 5) is 2.49. The molecule has 1 saturated carbocycles. The zero-order valence-electron chi connectivity index (χ0n) is 12.7. The summed E-state index contributed by atoms with van der Waals surface area (Å²) < 4.78 is 2.11. The van der Waals surface area contributed by atoms with Gasteiger partial charge in [0.05, 0.1) is 11.4 Å². The normalized spacial score (nSPS) is 16.8. The van der Waals surface area contributed by atoms with Gasteiger partial charge in [0.15, 0.2) is 5.82 Å². The lowest BCUT2D eigenvalue weighted by Crippen LogP contribution is -2.38. The van der Waals surface area contributed by atoms with Gasteiger partial charge in [0.25, 0.3) is 0 Å². The zero-order valence-corrected chi connectivity index (χ0v) is 12.7. The number of rotatable bonds is 5. The maximum Gasteiger partial charge on any atom is 0.150 e. The number of aryl methyl sites for hydroxylation is 2. The van der Waals surface area contributed by atoms with Crippen molar-refractivity contribution in [1.29, 1.82) is 0 Å². The Morgan fingerprint density at radius 2 is 1.95 bits per heavy atom. The Bertz CT molecular complexity index is 405. The fraction of sp³-hybridized carbons (Fsp3) is 0.800. The first-order valence-corrected chi connectivity index (χ1v) is 7.78. The Morgan fingerprint density at radius 3 is 2.53 bits per heavy atom. The van der Waals surface area contributed by atoms with Crippen LogP contribution in [0.4, 0.5) is 11.5 Å². The molecule has 4 nitrogen and oxygen atoms in total. The van der Waals surface area contributed by atoms with Crippen molar-refractivity contribution in [2.75, 3.05) is 17.2 Å². The molecule has 1 aliphatic rings. The van der Waals surface area contributed by atoms with E-state index < -0.39 is 0 Å². The van der Waals surface area contributed by atoms with Crippen molar-refractivity contribution >= 4 is 11.5 Å². The standard InChI is InChI=1S/C15H28N4/c1-4-11-19-15(14(16)12(3)17-19)18(5-2)13-9-7-6-8-10-13/h13H,4-11,16H2,1-3H3. The number of aromatic nitrogens is 2. The topological polar surface area (TPSA) is 47.1 Å². The molecule has 1 aromatic rings. The highest BCUT2D eigenvalue weighted by Crippen LogP contribution is 2.32. The summed E-state index contributed by atoms with van der Waals surface area (Å²) in [5.41, 5.74) is 8.14. The number of nitrogen functional groups attached to an aromatic ring is 1. The third-order valence-electron chi connectivity index (χ3n) is 4.21. The molecule has 1 heterocycles. The van der Waals surface area contributed by atoms with Crippen LogP contribution in [0.1, 0.15) is 58.1 Å². The van der Waals surface area contributed by atoms with Crippen molar-refractivity contribution < 1.29 is 0 Å². The molecule has 0 radical (unpaired) electrons. The molecule has 0 amide bonds. The lowest BCUT2D eigenvalue weighted by molar-refractivity contribution is 0.410. The van der Waals surface area contributed by atoms with E-state index in [9.17, 15) is 0 Å². The van der Waals surface area contributed by atoms with E-state index in [1.807, 2.05) is 6.92 Å². The van der Waals surface area contributed by atoms with Gasteiger partial charge in [-0.05, 0) is 33.1 Å². The van der Waals surface area contributed by atoms with Crippen LogP contribution in [-0.4, -0.2) is 22.4 Å². The van der Waals surface area contributed by atoms with Crippen molar-refractivity contribution in [3.8, 4) is 0 Å². The Morgan fingerprint density at radius 1 is 1.26 bits per heavy atom. The van der Waals surface area contributed by atoms with Crippen molar-refractivity contribution in [2.24, 2.45) is 0 Å². The first-order chi connectivity index (χ1) is 9.19. The molecule has 1 aliphatic carbocycles. The highest BCUT2D eigenvalue weighted by atomic mass is 15.4. The Hall–Kier alpha value is -1.19. The van der Waals surface area contributed by atoms with E-state index in [-0.39, 0.29) is 0 Å². The van der Waals surface area contributed by atoms with E-state index in [0.29, 0.717) is 6.04 Å². The minimum Gasteiger partial charge on any atom is -0.394 e. The third-order valence-corrected chi connectivity index (χ3v) is 4.21. The summed E-state index contributed by atoms with van der Waals surface area (Å²) in [5.74, 6) is 1.16. The molecule has 2 N–H and O–H groups in total. The van der Waals surface area contributed by atoms with Crippen LogP contribution >= 0.6 is 0 Å². The molecule has 0 bridgehead atoms. The molecule has 0 atom stereocenters. The van der Waals surface area contributed by atoms with Gasteiger partial charge in [-0.3, -0.25) is 0 Å². The Kier molecular flexibility index (Phi) is 4.72. The van der Waals surface area contributed by atoms with Gasteiger partial charge in [0.2, 0.25) is 0 Å². The first-order valence-electron chi connectivity index (χ1n) is 7.78. The molecule has 0 saturated heterocycles. The molecule has 1 aromatic heterocycles. The molecule has 4 heteroatoms. The number of hydrogen-bond acceptors (Lipinski definition) is 3. The van der Waals surface area contributed by atoms with Gasteiger partial charge >= 0.3 is 0 Å². The monoisotopic (exact) mass is 264 g/mol. The molecular formula is C15H28N4. The molecule has 0 aliphatic heterocycles. The first kappa shape index (κ1) is 14.2. The summed E-state index contributed by atoms with van der Waals surface area (Å²) in [6.07, 6.45) is 7.77. The van der Waals surface area contributed by atoms with Crippen LogP contribution in [0, 0.1) is 6.92 Å². The van der Waals surface area contributed by atoms with E-state index in [1.165, 1.54) is 32.1 Å². The van der Waals surface area contributed by atoms with Crippen LogP contribution in [0.15, 0.2) is 0 Å². The fourth-order valence-electron chi connectivity index (χ4n) is 3.23. The largest absolute Gasteiger partial charge is 0.394 e. The minimum atomic E-state index is 0.646. The van der Waals surface area contributed by atoms with E-state index in [1.54, 1.807) is 0 Å². The lowest BCUT2D eigenvalue weighted by Gasteiger charge is -2.35. The van der Waals surface area contributed by atoms with Crippen molar-refractivity contribution in [3.63, 3.8) is 0 Å². The maximum absolute atomic E-state index is 6.29. The molecule has 0 unspecified atom stereocenters. The summed E-state index contributed by atoms with van der Waals surface area (Å²) in [6, 6.07) is 0.646. The van der Waals surface area contributed by atoms with Crippen LogP contribution in [0.2, 0.25) is 0 Å². The second-order valence-electron chi connectivity index (χ2n) is 5.62. The molecule has 2 rings (SSSR count). The van der Waals surface area contributed by atoms with Gasteiger partial charge in [-0.2, -0.15) is 5.10 Å². The minimum absolute atomic E-state index is 0.646. The van der Waals surface area contributed by atoms with Crippen LogP contribution in [0.25, 0.3) is 0 Å². The van der Waals surface area contributed by atoms with Crippen LogP contribution < -0.4 is 10.6 Å². The smallest absolute Gasteiger partial charge is 0.150 e. The Balaban J connectivity index is 2.30. The lowest BCUT2D eigenvalue weighted by atomic mass is 9.94. The predicted octanol–water partition coefficient (Wildman–Crippen LogP) is 3.34. The van der Waals surface area contributed by atoms with E-state index in [0.717, 1.165) is 36.7 Å². The predicted molar refractivity (Wildman–Crippen MR) is 81.6 cm³/mol. The summed E-state index contributed by atoms with van der Waals surface area (Å²) >= 11 is 0. The van der Waals surface area contributed by atoms with Crippen molar-refractivity contribution in [2.45, 2.75) is 71.9 Å². The van der Waals surface area contributed by atoms with Crippen LogP contribution in [-0.2, 0) is 6.54 Å². The fourth-order valence-corrected chi connectivity index (χ4v) is 3.23. The van der Waals surface area contributed by atoms with E-state index >= 15 is 0 Å². The molecular weight excluding hydrogens is 236 g/mol.